The smallest absolute Gasteiger partial charge is 0.143 e. The highest BCUT2D eigenvalue weighted by molar-refractivity contribution is 6.26. The Bertz CT molecular complexity index is 5760. The van der Waals surface area contributed by atoms with E-state index in [-0.39, 0.29) is 5.41 Å². The van der Waals surface area contributed by atoms with Crippen LogP contribution in [0.3, 0.4) is 0 Å². The minimum Gasteiger partial charge on any atom is -0.455 e. The second-order valence-corrected chi connectivity index (χ2v) is 25.0. The molecular weight excluding hydrogens is 1080 g/mol. The third-order valence-electron chi connectivity index (χ3n) is 19.7. The molecule has 90 heavy (non-hydrogen) atoms. The largest absolute Gasteiger partial charge is 0.455 e. The number of rotatable bonds is 8. The van der Waals surface area contributed by atoms with Gasteiger partial charge in [0, 0.05) is 21.8 Å². The van der Waals surface area contributed by atoms with Crippen LogP contribution in [0.5, 0.6) is 0 Å². The molecule has 16 aromatic carbocycles. The van der Waals surface area contributed by atoms with Gasteiger partial charge in [0.15, 0.2) is 0 Å². The molecule has 0 fully saturated rings. The molecule has 0 radical (unpaired) electrons. The van der Waals surface area contributed by atoms with Crippen LogP contribution in [0, 0.1) is 0 Å². The van der Waals surface area contributed by atoms with Crippen LogP contribution in [0.4, 0.5) is 0 Å². The highest BCUT2D eigenvalue weighted by Crippen LogP contribution is 2.53. The number of hydrogen-bond donors (Lipinski definition) is 0. The van der Waals surface area contributed by atoms with Crippen LogP contribution in [-0.2, 0) is 5.41 Å². The maximum Gasteiger partial charge on any atom is 0.143 e. The number of hydrogen-bond acceptors (Lipinski definition) is 1. The third-order valence-corrected chi connectivity index (χ3v) is 19.7. The predicted molar refractivity (Wildman–Crippen MR) is 382 cm³/mol. The predicted octanol–water partition coefficient (Wildman–Crippen LogP) is 25.0. The second-order valence-electron chi connectivity index (χ2n) is 25.0. The van der Waals surface area contributed by atoms with E-state index in [9.17, 15) is 0 Å². The molecule has 1 nitrogen and oxygen atoms in total. The monoisotopic (exact) mass is 1140 g/mol. The van der Waals surface area contributed by atoms with Gasteiger partial charge in [-0.15, -0.1) is 0 Å². The van der Waals surface area contributed by atoms with E-state index in [1.54, 1.807) is 0 Å². The molecule has 0 amide bonds. The Morgan fingerprint density at radius 1 is 0.211 bits per heavy atom. The maximum atomic E-state index is 7.04. The second kappa shape index (κ2) is 20.4. The normalized spacial score (nSPS) is 12.6. The van der Waals surface area contributed by atoms with Gasteiger partial charge in [0.05, 0.1) is 0 Å². The first kappa shape index (κ1) is 51.8. The van der Waals surface area contributed by atoms with Crippen molar-refractivity contribution in [2.45, 2.75) is 19.3 Å². The Balaban J connectivity index is 0.832. The third kappa shape index (κ3) is 8.10. The Kier molecular flexibility index (Phi) is 11.7. The molecule has 1 heteroatoms. The fourth-order valence-electron chi connectivity index (χ4n) is 15.4. The van der Waals surface area contributed by atoms with E-state index < -0.39 is 0 Å². The summed E-state index contributed by atoms with van der Waals surface area (Å²) < 4.78 is 7.04. The van der Waals surface area contributed by atoms with Crippen LogP contribution in [0.1, 0.15) is 25.0 Å². The number of furan rings is 1. The Labute approximate surface area is 523 Å². The van der Waals surface area contributed by atoms with Gasteiger partial charge in [-0.1, -0.05) is 293 Å². The lowest BCUT2D eigenvalue weighted by molar-refractivity contribution is 0.660. The standard InChI is InChI=1S/C89H58O/c1-89(2)81-35-17-16-29-68(81)69-45-40-64(54-82(69)89)62-42-47-75-78(51-62)86(60-38-36-56(37-39-60)55-20-6-3-7-21-55)74-46-41-61(52-80(74)87(75)70-33-18-27-57-22-12-13-28-66(57)70)63-44-49-83-77(50-63)76-34-19-32-67(88(76)90-83)65-43-48-73-79(53-65)85(59-25-10-5-11-26-59)72-31-15-14-30-71(72)84(73)58-23-8-4-9-24-58/h3-54H,1-2H3. The maximum absolute atomic E-state index is 7.04. The average molecular weight is 1140 g/mol. The van der Waals surface area contributed by atoms with E-state index in [0.717, 1.165) is 44.2 Å². The van der Waals surface area contributed by atoms with Crippen LogP contribution in [-0.4, -0.2) is 0 Å². The van der Waals surface area contributed by atoms with E-state index in [0.29, 0.717) is 0 Å². The Morgan fingerprint density at radius 2 is 0.600 bits per heavy atom. The molecule has 1 aliphatic rings. The van der Waals surface area contributed by atoms with Crippen LogP contribution >= 0.6 is 0 Å². The first-order chi connectivity index (χ1) is 44.4. The highest BCUT2D eigenvalue weighted by Gasteiger charge is 2.35. The van der Waals surface area contributed by atoms with Gasteiger partial charge in [0.2, 0.25) is 0 Å². The van der Waals surface area contributed by atoms with Gasteiger partial charge in [0.1, 0.15) is 11.2 Å². The van der Waals surface area contributed by atoms with Crippen molar-refractivity contribution in [1.29, 1.82) is 0 Å². The summed E-state index contributed by atoms with van der Waals surface area (Å²) in [5.74, 6) is 0. The summed E-state index contributed by atoms with van der Waals surface area (Å²) in [6.07, 6.45) is 0. The molecule has 1 aliphatic carbocycles. The zero-order chi connectivity index (χ0) is 59.6. The summed E-state index contributed by atoms with van der Waals surface area (Å²) in [6.45, 7) is 4.75. The SMILES string of the molecule is CC1(C)c2ccccc2-c2ccc(-c3ccc4c(-c5cccc6ccccc56)c5cc(-c6ccc7oc8c(-c9ccc%10c(-c%11ccccc%11)c%11ccccc%11c(-c%11ccccc%11)c%10c9)cccc8c7c6)ccc5c(-c5ccc(-c6ccccc6)cc5)c4c3)cc21. The van der Waals surface area contributed by atoms with Crippen molar-refractivity contribution in [3.63, 3.8) is 0 Å². The van der Waals surface area contributed by atoms with Crippen molar-refractivity contribution < 1.29 is 4.42 Å². The van der Waals surface area contributed by atoms with Crippen molar-refractivity contribution in [3.8, 4) is 100 Å². The minimum atomic E-state index is -0.117. The van der Waals surface area contributed by atoms with Crippen molar-refractivity contribution in [2.24, 2.45) is 0 Å². The van der Waals surface area contributed by atoms with Crippen molar-refractivity contribution in [3.05, 3.63) is 327 Å². The van der Waals surface area contributed by atoms with Crippen molar-refractivity contribution in [1.82, 2.24) is 0 Å². The van der Waals surface area contributed by atoms with E-state index in [2.05, 4.69) is 329 Å². The molecule has 0 N–H and O–H groups in total. The molecular formula is C89H58O. The highest BCUT2D eigenvalue weighted by atomic mass is 16.3. The fraction of sp³-hybridized carbons (Fsp3) is 0.0337. The molecule has 0 saturated carbocycles. The van der Waals surface area contributed by atoms with Gasteiger partial charge in [0.25, 0.3) is 0 Å². The van der Waals surface area contributed by atoms with Gasteiger partial charge in [-0.3, -0.25) is 0 Å². The number of para-hydroxylation sites is 1. The summed E-state index contributed by atoms with van der Waals surface area (Å²) >= 11 is 0. The fourth-order valence-corrected chi connectivity index (χ4v) is 15.4. The van der Waals surface area contributed by atoms with E-state index in [4.69, 9.17) is 4.42 Å². The number of benzene rings is 16. The van der Waals surface area contributed by atoms with Crippen LogP contribution in [0.15, 0.2) is 320 Å². The molecule has 1 heterocycles. The van der Waals surface area contributed by atoms with Gasteiger partial charge >= 0.3 is 0 Å². The van der Waals surface area contributed by atoms with E-state index in [1.807, 2.05) is 0 Å². The minimum absolute atomic E-state index is 0.117. The zero-order valence-electron chi connectivity index (χ0n) is 49.9. The average Bonchev–Trinajstić information content (AvgIpc) is 1.06. The lowest BCUT2D eigenvalue weighted by Gasteiger charge is -2.22. The molecule has 1 aromatic heterocycles. The molecule has 18 rings (SSSR count). The van der Waals surface area contributed by atoms with Crippen LogP contribution in [0.2, 0.25) is 0 Å². The Hall–Kier alpha value is -11.4. The van der Waals surface area contributed by atoms with Crippen molar-refractivity contribution in [2.75, 3.05) is 0 Å². The zero-order valence-corrected chi connectivity index (χ0v) is 49.9. The summed E-state index contributed by atoms with van der Waals surface area (Å²) in [6, 6.07) is 117. The van der Waals surface area contributed by atoms with Crippen LogP contribution in [0.25, 0.3) is 176 Å². The topological polar surface area (TPSA) is 13.1 Å². The molecule has 0 bridgehead atoms. The Morgan fingerprint density at radius 3 is 1.28 bits per heavy atom. The summed E-state index contributed by atoms with van der Waals surface area (Å²) in [7, 11) is 0. The van der Waals surface area contributed by atoms with Gasteiger partial charge in [-0.2, -0.15) is 0 Å². The first-order valence-corrected chi connectivity index (χ1v) is 31.4. The molecule has 0 spiro atoms. The molecule has 0 saturated heterocycles. The van der Waals surface area contributed by atoms with Gasteiger partial charge in [-0.05, 0) is 196 Å². The molecule has 17 aromatic rings. The summed E-state index contributed by atoms with van der Waals surface area (Å²) in [5.41, 5.74) is 26.1. The van der Waals surface area contributed by atoms with E-state index in [1.165, 1.54) is 143 Å². The summed E-state index contributed by atoms with van der Waals surface area (Å²) in [4.78, 5) is 0. The lowest BCUT2D eigenvalue weighted by atomic mass is 9.81. The van der Waals surface area contributed by atoms with Gasteiger partial charge in [-0.25, -0.2) is 0 Å². The quantitative estimate of drug-likeness (QED) is 0.138. The summed E-state index contributed by atoms with van der Waals surface area (Å²) in [5, 5.41) is 14.4. The number of fused-ring (bicyclic) bond motifs is 11. The molecule has 420 valence electrons. The molecule has 0 unspecified atom stereocenters. The molecule has 0 aliphatic heterocycles. The molecule has 0 atom stereocenters. The van der Waals surface area contributed by atoms with Crippen molar-refractivity contribution >= 4 is 75.8 Å². The lowest BCUT2D eigenvalue weighted by Crippen LogP contribution is -2.14. The van der Waals surface area contributed by atoms with Crippen LogP contribution < -0.4 is 0 Å². The first-order valence-electron chi connectivity index (χ1n) is 31.4. The van der Waals surface area contributed by atoms with Gasteiger partial charge < -0.3 is 4.42 Å². The van der Waals surface area contributed by atoms with E-state index >= 15 is 0 Å².